The van der Waals surface area contributed by atoms with Crippen molar-refractivity contribution in [2.24, 2.45) is 0 Å². The summed E-state index contributed by atoms with van der Waals surface area (Å²) in [7, 11) is 0. The number of thioether (sulfide) groups is 2. The highest BCUT2D eigenvalue weighted by Gasteiger charge is 2.11. The van der Waals surface area contributed by atoms with E-state index >= 15 is 0 Å². The van der Waals surface area contributed by atoms with E-state index in [1.54, 1.807) is 0 Å². The van der Waals surface area contributed by atoms with Gasteiger partial charge in [-0.25, -0.2) is 4.98 Å². The average Bonchev–Trinajstić information content (AvgIpc) is 3.12. The van der Waals surface area contributed by atoms with Crippen molar-refractivity contribution < 1.29 is 0 Å². The van der Waals surface area contributed by atoms with Gasteiger partial charge in [0.25, 0.3) is 0 Å². The molecule has 1 heterocycles. The number of nitrogens with zero attached hydrogens (tertiary/aromatic N) is 2. The predicted octanol–water partition coefficient (Wildman–Crippen LogP) is 5.08. The van der Waals surface area contributed by atoms with E-state index in [0.29, 0.717) is 4.58 Å². The largest absolute Gasteiger partial charge is 0.336 e. The fourth-order valence-corrected chi connectivity index (χ4v) is 4.74. The van der Waals surface area contributed by atoms with Crippen LogP contribution in [0.15, 0.2) is 79.4 Å². The van der Waals surface area contributed by atoms with E-state index in [0.717, 1.165) is 18.1 Å². The van der Waals surface area contributed by atoms with Gasteiger partial charge in [0.1, 0.15) is 0 Å². The average molecular weight is 341 g/mol. The first-order chi connectivity index (χ1) is 11.4. The molecule has 0 saturated heterocycles. The van der Waals surface area contributed by atoms with Crippen molar-refractivity contribution in [3.63, 3.8) is 0 Å². The van der Waals surface area contributed by atoms with Gasteiger partial charge in [-0.15, -0.1) is 23.5 Å². The highest BCUT2D eigenvalue weighted by atomic mass is 32.2. The van der Waals surface area contributed by atoms with Crippen molar-refractivity contribution in [3.8, 4) is 0 Å². The van der Waals surface area contributed by atoms with Gasteiger partial charge in [0, 0.05) is 30.4 Å². The molecule has 0 radical (unpaired) electrons. The van der Waals surface area contributed by atoms with Crippen molar-refractivity contribution in [1.29, 1.82) is 0 Å². The molecule has 0 aliphatic heterocycles. The lowest BCUT2D eigenvalue weighted by Crippen LogP contribution is -2.09. The molecule has 0 fully saturated rings. The van der Waals surface area contributed by atoms with Gasteiger partial charge in [-0.05, 0) is 11.1 Å². The molecule has 2 aromatic carbocycles. The maximum absolute atomic E-state index is 4.16. The number of aromatic nitrogens is 2. The third-order valence-electron chi connectivity index (χ3n) is 3.48. The van der Waals surface area contributed by atoms with Crippen LogP contribution < -0.4 is 0 Å². The lowest BCUT2D eigenvalue weighted by Gasteiger charge is -2.17. The summed E-state index contributed by atoms with van der Waals surface area (Å²) < 4.78 is 2.67. The standard InChI is InChI=1S/C19H20N2S2/c1-3-7-17(8-4-1)14-22-19(13-21-12-11-20-16-21)23-15-18-9-5-2-6-10-18/h1-12,16,19H,13-15H2. The van der Waals surface area contributed by atoms with E-state index in [4.69, 9.17) is 0 Å². The molecule has 118 valence electrons. The van der Waals surface area contributed by atoms with Crippen LogP contribution in [-0.4, -0.2) is 14.1 Å². The fourth-order valence-electron chi connectivity index (χ4n) is 2.25. The number of imidazole rings is 1. The van der Waals surface area contributed by atoms with Gasteiger partial charge in [-0.3, -0.25) is 0 Å². The summed E-state index contributed by atoms with van der Waals surface area (Å²) in [6.45, 7) is 0.981. The summed E-state index contributed by atoms with van der Waals surface area (Å²) in [6, 6.07) is 21.4. The van der Waals surface area contributed by atoms with E-state index in [9.17, 15) is 0 Å². The topological polar surface area (TPSA) is 17.8 Å². The van der Waals surface area contributed by atoms with Crippen LogP contribution in [0.1, 0.15) is 11.1 Å². The molecular formula is C19H20N2S2. The van der Waals surface area contributed by atoms with E-state index in [2.05, 4.69) is 70.2 Å². The monoisotopic (exact) mass is 340 g/mol. The predicted molar refractivity (Wildman–Crippen MR) is 101 cm³/mol. The van der Waals surface area contributed by atoms with Gasteiger partial charge in [-0.1, -0.05) is 60.7 Å². The van der Waals surface area contributed by atoms with Crippen molar-refractivity contribution in [2.75, 3.05) is 0 Å². The molecule has 0 amide bonds. The first kappa shape index (κ1) is 16.2. The molecule has 3 aromatic rings. The first-order valence-electron chi connectivity index (χ1n) is 7.67. The number of hydrogen-bond acceptors (Lipinski definition) is 3. The van der Waals surface area contributed by atoms with Crippen LogP contribution in [0.5, 0.6) is 0 Å². The minimum atomic E-state index is 0.504. The number of rotatable bonds is 8. The second-order valence-electron chi connectivity index (χ2n) is 5.28. The minimum Gasteiger partial charge on any atom is -0.336 e. The molecule has 0 unspecified atom stereocenters. The van der Waals surface area contributed by atoms with Crippen LogP contribution in [-0.2, 0) is 18.1 Å². The summed E-state index contributed by atoms with van der Waals surface area (Å²) >= 11 is 4.01. The molecule has 1 aromatic heterocycles. The van der Waals surface area contributed by atoms with Crippen molar-refractivity contribution in [1.82, 2.24) is 9.55 Å². The molecule has 2 nitrogen and oxygen atoms in total. The molecule has 0 N–H and O–H groups in total. The van der Waals surface area contributed by atoms with Gasteiger partial charge >= 0.3 is 0 Å². The summed E-state index contributed by atoms with van der Waals surface area (Å²) in [6.07, 6.45) is 5.79. The van der Waals surface area contributed by atoms with Crippen molar-refractivity contribution >= 4 is 23.5 Å². The van der Waals surface area contributed by atoms with Crippen LogP contribution in [0.2, 0.25) is 0 Å². The normalized spacial score (nSPS) is 11.0. The maximum atomic E-state index is 4.16. The molecule has 0 atom stereocenters. The first-order valence-corrected chi connectivity index (χ1v) is 9.77. The molecule has 0 aliphatic rings. The molecule has 23 heavy (non-hydrogen) atoms. The molecule has 3 rings (SSSR count). The van der Waals surface area contributed by atoms with Gasteiger partial charge in [0.15, 0.2) is 0 Å². The zero-order valence-electron chi connectivity index (χ0n) is 12.9. The lowest BCUT2D eigenvalue weighted by molar-refractivity contribution is 0.750. The fraction of sp³-hybridized carbons (Fsp3) is 0.211. The Morgan fingerprint density at radius 1 is 0.826 bits per heavy atom. The minimum absolute atomic E-state index is 0.504. The van der Waals surface area contributed by atoms with Crippen LogP contribution >= 0.6 is 23.5 Å². The smallest absolute Gasteiger partial charge is 0.0946 e. The van der Waals surface area contributed by atoms with E-state index in [1.807, 2.05) is 42.2 Å². The third kappa shape index (κ3) is 5.48. The Balaban J connectivity index is 1.58. The summed E-state index contributed by atoms with van der Waals surface area (Å²) in [4.78, 5) is 4.16. The SMILES string of the molecule is c1ccc(CSC(Cn2ccnc2)SCc2ccccc2)cc1. The van der Waals surface area contributed by atoms with Crippen molar-refractivity contribution in [3.05, 3.63) is 90.5 Å². The molecule has 0 aliphatic carbocycles. The summed E-state index contributed by atoms with van der Waals surface area (Å²) in [5, 5.41) is 0. The Kier molecular flexibility index (Phi) is 6.24. The number of hydrogen-bond donors (Lipinski definition) is 0. The Hall–Kier alpha value is -1.65. The second kappa shape index (κ2) is 8.85. The van der Waals surface area contributed by atoms with Gasteiger partial charge < -0.3 is 4.57 Å². The Labute approximate surface area is 146 Å². The van der Waals surface area contributed by atoms with Crippen LogP contribution in [0, 0.1) is 0 Å². The van der Waals surface area contributed by atoms with Crippen molar-refractivity contribution in [2.45, 2.75) is 22.6 Å². The number of benzene rings is 2. The molecule has 0 spiro atoms. The van der Waals surface area contributed by atoms with Crippen LogP contribution in [0.3, 0.4) is 0 Å². The van der Waals surface area contributed by atoms with Gasteiger partial charge in [0.2, 0.25) is 0 Å². The Morgan fingerprint density at radius 3 is 1.87 bits per heavy atom. The van der Waals surface area contributed by atoms with Crippen LogP contribution in [0.4, 0.5) is 0 Å². The Bertz CT molecular complexity index is 626. The molecule has 0 bridgehead atoms. The molecule has 0 saturated carbocycles. The van der Waals surface area contributed by atoms with E-state index in [-0.39, 0.29) is 0 Å². The Morgan fingerprint density at radius 2 is 1.39 bits per heavy atom. The zero-order chi connectivity index (χ0) is 15.7. The van der Waals surface area contributed by atoms with Gasteiger partial charge in [0.05, 0.1) is 10.9 Å². The zero-order valence-corrected chi connectivity index (χ0v) is 14.5. The van der Waals surface area contributed by atoms with Crippen LogP contribution in [0.25, 0.3) is 0 Å². The molecular weight excluding hydrogens is 320 g/mol. The summed E-state index contributed by atoms with van der Waals surface area (Å²) in [5.74, 6) is 2.09. The van der Waals surface area contributed by atoms with E-state index in [1.165, 1.54) is 11.1 Å². The lowest BCUT2D eigenvalue weighted by atomic mass is 10.2. The van der Waals surface area contributed by atoms with E-state index < -0.39 is 0 Å². The second-order valence-corrected chi connectivity index (χ2v) is 7.96. The summed E-state index contributed by atoms with van der Waals surface area (Å²) in [5.41, 5.74) is 2.77. The molecule has 4 heteroatoms. The quantitative estimate of drug-likeness (QED) is 0.533. The highest BCUT2D eigenvalue weighted by Crippen LogP contribution is 2.30. The third-order valence-corrected chi connectivity index (χ3v) is 6.33. The van der Waals surface area contributed by atoms with Gasteiger partial charge in [-0.2, -0.15) is 0 Å². The highest BCUT2D eigenvalue weighted by molar-refractivity contribution is 8.16. The maximum Gasteiger partial charge on any atom is 0.0946 e.